The second-order valence-electron chi connectivity index (χ2n) is 5.68. The van der Waals surface area contributed by atoms with Crippen molar-refractivity contribution in [1.29, 1.82) is 0 Å². The number of carbonyl (C=O) groups is 1. The van der Waals surface area contributed by atoms with E-state index in [0.29, 0.717) is 17.6 Å². The van der Waals surface area contributed by atoms with Crippen LogP contribution in [0.4, 0.5) is 5.69 Å². The Morgan fingerprint density at radius 2 is 2.00 bits per heavy atom. The lowest BCUT2D eigenvalue weighted by atomic mass is 10.3. The molecule has 0 atom stereocenters. The number of amides is 1. The summed E-state index contributed by atoms with van der Waals surface area (Å²) in [6.07, 6.45) is 0.663. The molecule has 1 N–H and O–H groups in total. The second-order valence-corrected chi connectivity index (χ2v) is 6.63. The lowest BCUT2D eigenvalue weighted by Gasteiger charge is -2.10. The fraction of sp³-hybridized carbons (Fsp3) is 0.167. The van der Waals surface area contributed by atoms with Crippen LogP contribution < -0.4 is 10.9 Å². The van der Waals surface area contributed by atoms with E-state index >= 15 is 0 Å². The molecule has 0 spiro atoms. The van der Waals surface area contributed by atoms with Crippen LogP contribution in [-0.4, -0.2) is 20.1 Å². The Bertz CT molecular complexity index is 1120. The van der Waals surface area contributed by atoms with E-state index in [2.05, 4.69) is 10.4 Å². The van der Waals surface area contributed by atoms with Gasteiger partial charge in [0.2, 0.25) is 5.91 Å². The average molecular weight is 352 g/mol. The van der Waals surface area contributed by atoms with Crippen LogP contribution in [0.1, 0.15) is 12.7 Å². The van der Waals surface area contributed by atoms with Crippen molar-refractivity contribution in [3.05, 3.63) is 64.0 Å². The largest absolute Gasteiger partial charge is 0.324 e. The zero-order valence-corrected chi connectivity index (χ0v) is 14.4. The summed E-state index contributed by atoms with van der Waals surface area (Å²) in [6, 6.07) is 13.0. The molecule has 0 unspecified atom stereocenters. The molecule has 0 aliphatic rings. The molecule has 126 valence electrons. The number of hydrogen-bond acceptors (Lipinski definition) is 4. The van der Waals surface area contributed by atoms with Crippen LogP contribution in [0.15, 0.2) is 52.6 Å². The molecule has 7 heteroatoms. The molecule has 3 heterocycles. The summed E-state index contributed by atoms with van der Waals surface area (Å²) in [5, 5.41) is 9.19. The van der Waals surface area contributed by atoms with Crippen molar-refractivity contribution in [2.24, 2.45) is 0 Å². The number of rotatable bonds is 4. The lowest BCUT2D eigenvalue weighted by molar-refractivity contribution is -0.117. The molecule has 0 saturated heterocycles. The van der Waals surface area contributed by atoms with Crippen molar-refractivity contribution in [3.63, 3.8) is 0 Å². The molecule has 0 fully saturated rings. The topological polar surface area (TPSA) is 68.4 Å². The summed E-state index contributed by atoms with van der Waals surface area (Å²) >= 11 is 1.59. The fourth-order valence-corrected chi connectivity index (χ4v) is 3.72. The molecular formula is C18H16N4O2S. The fourth-order valence-electron chi connectivity index (χ4n) is 2.92. The third kappa shape index (κ3) is 2.72. The number of aryl methyl sites for hydroxylation is 1. The van der Waals surface area contributed by atoms with Gasteiger partial charge in [-0.1, -0.05) is 25.1 Å². The third-order valence-corrected chi connectivity index (χ3v) is 4.89. The Labute approximate surface area is 147 Å². The Kier molecular flexibility index (Phi) is 3.85. The second kappa shape index (κ2) is 6.18. The Hall–Kier alpha value is -2.93. The number of carbonyl (C=O) groups excluding carboxylic acids is 1. The van der Waals surface area contributed by atoms with Crippen molar-refractivity contribution in [2.75, 3.05) is 5.32 Å². The minimum atomic E-state index is -0.277. The van der Waals surface area contributed by atoms with E-state index in [1.54, 1.807) is 23.5 Å². The van der Waals surface area contributed by atoms with Gasteiger partial charge >= 0.3 is 0 Å². The molecule has 1 aromatic carbocycles. The highest BCUT2D eigenvalue weighted by molar-refractivity contribution is 7.17. The number of fused-ring (bicyclic) bond motifs is 3. The average Bonchev–Trinajstić information content (AvgIpc) is 3.20. The standard InChI is InChI=1S/C18H16N4O2S/c1-2-16-20-21(11-17(23)19-12-6-4-3-5-7-12)18(24)14-10-15-13(22(14)16)8-9-25-15/h3-10H,2,11H2,1H3,(H,19,23). The molecular weight excluding hydrogens is 336 g/mol. The van der Waals surface area contributed by atoms with Crippen molar-refractivity contribution in [3.8, 4) is 0 Å². The molecule has 0 aliphatic carbocycles. The van der Waals surface area contributed by atoms with E-state index in [1.807, 2.05) is 47.0 Å². The highest BCUT2D eigenvalue weighted by Gasteiger charge is 2.15. The van der Waals surface area contributed by atoms with Gasteiger partial charge in [0, 0.05) is 12.1 Å². The van der Waals surface area contributed by atoms with Gasteiger partial charge in [0.05, 0.1) is 10.2 Å². The van der Waals surface area contributed by atoms with Crippen LogP contribution in [-0.2, 0) is 17.8 Å². The maximum absolute atomic E-state index is 12.8. The van der Waals surface area contributed by atoms with E-state index in [-0.39, 0.29) is 18.0 Å². The van der Waals surface area contributed by atoms with Crippen molar-refractivity contribution >= 4 is 38.7 Å². The van der Waals surface area contributed by atoms with Crippen molar-refractivity contribution in [1.82, 2.24) is 14.2 Å². The van der Waals surface area contributed by atoms with Gasteiger partial charge in [-0.05, 0) is 29.6 Å². The zero-order valence-electron chi connectivity index (χ0n) is 13.6. The van der Waals surface area contributed by atoms with E-state index in [1.165, 1.54) is 4.68 Å². The molecule has 3 aromatic heterocycles. The number of anilines is 1. The molecule has 0 aliphatic heterocycles. The minimum Gasteiger partial charge on any atom is -0.324 e. The molecule has 0 radical (unpaired) electrons. The summed E-state index contributed by atoms with van der Waals surface area (Å²) in [5.74, 6) is 0.482. The van der Waals surface area contributed by atoms with Gasteiger partial charge in [-0.25, -0.2) is 4.68 Å². The van der Waals surface area contributed by atoms with Gasteiger partial charge in [0.1, 0.15) is 17.9 Å². The summed E-state index contributed by atoms with van der Waals surface area (Å²) in [6.45, 7) is 1.87. The maximum atomic E-state index is 12.8. The number of benzene rings is 1. The van der Waals surface area contributed by atoms with Crippen LogP contribution in [0.3, 0.4) is 0 Å². The molecule has 4 aromatic rings. The number of nitrogens with one attached hydrogen (secondary N) is 1. The number of hydrogen-bond donors (Lipinski definition) is 1. The minimum absolute atomic E-state index is 0.115. The summed E-state index contributed by atoms with van der Waals surface area (Å²) < 4.78 is 4.18. The van der Waals surface area contributed by atoms with Crippen LogP contribution in [0.25, 0.3) is 15.7 Å². The Morgan fingerprint density at radius 1 is 1.20 bits per heavy atom. The molecule has 0 saturated carbocycles. The summed E-state index contributed by atoms with van der Waals surface area (Å²) in [5.41, 5.74) is 1.98. The van der Waals surface area contributed by atoms with E-state index in [9.17, 15) is 9.59 Å². The van der Waals surface area contributed by atoms with E-state index < -0.39 is 0 Å². The molecule has 25 heavy (non-hydrogen) atoms. The molecule has 0 bridgehead atoms. The maximum Gasteiger partial charge on any atom is 0.291 e. The van der Waals surface area contributed by atoms with Crippen molar-refractivity contribution < 1.29 is 4.79 Å². The first-order chi connectivity index (χ1) is 12.2. The molecule has 4 rings (SSSR count). The highest BCUT2D eigenvalue weighted by Crippen LogP contribution is 2.24. The number of nitrogens with zero attached hydrogens (tertiary/aromatic N) is 3. The molecule has 1 amide bonds. The Morgan fingerprint density at radius 3 is 2.76 bits per heavy atom. The van der Waals surface area contributed by atoms with Crippen LogP contribution in [0.2, 0.25) is 0 Å². The first-order valence-corrected chi connectivity index (χ1v) is 8.89. The number of thiophene rings is 1. The molecule has 6 nitrogen and oxygen atoms in total. The predicted octanol–water partition coefficient (Wildman–Crippen LogP) is 2.91. The third-order valence-electron chi connectivity index (χ3n) is 4.04. The van der Waals surface area contributed by atoms with Gasteiger partial charge in [0.15, 0.2) is 0 Å². The summed E-state index contributed by atoms with van der Waals surface area (Å²) in [4.78, 5) is 25.0. The first kappa shape index (κ1) is 15.6. The van der Waals surface area contributed by atoms with E-state index in [0.717, 1.165) is 16.0 Å². The monoisotopic (exact) mass is 352 g/mol. The number of aromatic nitrogens is 3. The first-order valence-electron chi connectivity index (χ1n) is 8.01. The quantitative estimate of drug-likeness (QED) is 0.614. The lowest BCUT2D eigenvalue weighted by Crippen LogP contribution is -2.32. The summed E-state index contributed by atoms with van der Waals surface area (Å²) in [7, 11) is 0. The zero-order chi connectivity index (χ0) is 17.4. The SMILES string of the molecule is CCc1nn(CC(=O)Nc2ccccc2)c(=O)c2cc3sccc3n12. The van der Waals surface area contributed by atoms with Crippen LogP contribution in [0.5, 0.6) is 0 Å². The predicted molar refractivity (Wildman–Crippen MR) is 99.3 cm³/mol. The van der Waals surface area contributed by atoms with E-state index in [4.69, 9.17) is 0 Å². The highest BCUT2D eigenvalue weighted by atomic mass is 32.1. The van der Waals surface area contributed by atoms with Gasteiger partial charge in [-0.3, -0.25) is 14.0 Å². The van der Waals surface area contributed by atoms with Crippen LogP contribution >= 0.6 is 11.3 Å². The van der Waals surface area contributed by atoms with Gasteiger partial charge in [0.25, 0.3) is 5.56 Å². The van der Waals surface area contributed by atoms with Gasteiger partial charge in [-0.15, -0.1) is 11.3 Å². The van der Waals surface area contributed by atoms with Gasteiger partial charge < -0.3 is 5.32 Å². The smallest absolute Gasteiger partial charge is 0.291 e. The van der Waals surface area contributed by atoms with Crippen molar-refractivity contribution in [2.45, 2.75) is 19.9 Å². The normalized spacial score (nSPS) is 11.2. The Balaban J connectivity index is 1.73. The van der Waals surface area contributed by atoms with Gasteiger partial charge in [-0.2, -0.15) is 5.10 Å². The number of para-hydroxylation sites is 1. The van der Waals surface area contributed by atoms with Crippen LogP contribution in [0, 0.1) is 0 Å².